The summed E-state index contributed by atoms with van der Waals surface area (Å²) < 4.78 is 12.8. The summed E-state index contributed by atoms with van der Waals surface area (Å²) in [7, 11) is 0. The SMILES string of the molecule is Oc1ccc(N=Nc2ccc(F)cc2)c2ccccc12. The lowest BCUT2D eigenvalue weighted by atomic mass is 10.1. The molecule has 0 saturated carbocycles. The van der Waals surface area contributed by atoms with Crippen molar-refractivity contribution < 1.29 is 9.50 Å². The average molecular weight is 266 g/mol. The maximum Gasteiger partial charge on any atom is 0.123 e. The number of azo groups is 1. The second-order valence-corrected chi connectivity index (χ2v) is 4.33. The highest BCUT2D eigenvalue weighted by molar-refractivity contribution is 5.96. The van der Waals surface area contributed by atoms with Crippen LogP contribution in [-0.4, -0.2) is 5.11 Å². The van der Waals surface area contributed by atoms with Crippen molar-refractivity contribution in [3.05, 3.63) is 66.5 Å². The van der Waals surface area contributed by atoms with Gasteiger partial charge in [0.05, 0.1) is 11.4 Å². The van der Waals surface area contributed by atoms with E-state index in [1.54, 1.807) is 24.3 Å². The fourth-order valence-electron chi connectivity index (χ4n) is 1.97. The van der Waals surface area contributed by atoms with Gasteiger partial charge in [-0.25, -0.2) is 4.39 Å². The number of nitrogens with zero attached hydrogens (tertiary/aromatic N) is 2. The minimum atomic E-state index is -0.306. The highest BCUT2D eigenvalue weighted by Gasteiger charge is 2.03. The van der Waals surface area contributed by atoms with E-state index in [9.17, 15) is 9.50 Å². The van der Waals surface area contributed by atoms with Gasteiger partial charge in [0.15, 0.2) is 0 Å². The third-order valence-electron chi connectivity index (χ3n) is 2.98. The van der Waals surface area contributed by atoms with E-state index in [1.165, 1.54) is 12.1 Å². The summed E-state index contributed by atoms with van der Waals surface area (Å²) in [6.45, 7) is 0. The predicted octanol–water partition coefficient (Wildman–Crippen LogP) is 5.10. The second kappa shape index (κ2) is 5.09. The highest BCUT2D eigenvalue weighted by atomic mass is 19.1. The van der Waals surface area contributed by atoms with E-state index >= 15 is 0 Å². The Bertz CT molecular complexity index is 782. The molecule has 4 heteroatoms. The molecule has 0 radical (unpaired) electrons. The number of benzene rings is 3. The fraction of sp³-hybridized carbons (Fsp3) is 0. The number of aromatic hydroxyl groups is 1. The minimum absolute atomic E-state index is 0.210. The summed E-state index contributed by atoms with van der Waals surface area (Å²) in [5.74, 6) is -0.0969. The number of phenols is 1. The molecule has 3 aromatic rings. The number of hydrogen-bond donors (Lipinski definition) is 1. The molecule has 98 valence electrons. The molecule has 0 aliphatic carbocycles. The predicted molar refractivity (Wildman–Crippen MR) is 76.2 cm³/mol. The van der Waals surface area contributed by atoms with Crippen molar-refractivity contribution in [3.63, 3.8) is 0 Å². The van der Waals surface area contributed by atoms with Crippen molar-refractivity contribution >= 4 is 22.1 Å². The third-order valence-corrected chi connectivity index (χ3v) is 2.98. The van der Waals surface area contributed by atoms with E-state index in [4.69, 9.17) is 0 Å². The van der Waals surface area contributed by atoms with Crippen LogP contribution in [0, 0.1) is 5.82 Å². The van der Waals surface area contributed by atoms with Crippen LogP contribution in [0.25, 0.3) is 10.8 Å². The van der Waals surface area contributed by atoms with Gasteiger partial charge in [0.1, 0.15) is 11.6 Å². The number of fused-ring (bicyclic) bond motifs is 1. The van der Waals surface area contributed by atoms with Crippen LogP contribution in [0.4, 0.5) is 15.8 Å². The van der Waals surface area contributed by atoms with E-state index in [-0.39, 0.29) is 11.6 Å². The Morgan fingerprint density at radius 3 is 2.20 bits per heavy atom. The van der Waals surface area contributed by atoms with Crippen LogP contribution in [0.15, 0.2) is 70.9 Å². The van der Waals surface area contributed by atoms with Gasteiger partial charge in [-0.15, -0.1) is 5.11 Å². The molecule has 0 fully saturated rings. The Hall–Kier alpha value is -2.75. The summed E-state index contributed by atoms with van der Waals surface area (Å²) in [5, 5.41) is 19.6. The maximum absolute atomic E-state index is 12.8. The smallest absolute Gasteiger partial charge is 0.123 e. The normalized spacial score (nSPS) is 11.2. The van der Waals surface area contributed by atoms with Gasteiger partial charge in [0, 0.05) is 10.8 Å². The van der Waals surface area contributed by atoms with Crippen LogP contribution >= 0.6 is 0 Å². The molecule has 0 heterocycles. The van der Waals surface area contributed by atoms with Gasteiger partial charge >= 0.3 is 0 Å². The summed E-state index contributed by atoms with van der Waals surface area (Å²) in [6.07, 6.45) is 0. The van der Waals surface area contributed by atoms with Crippen molar-refractivity contribution in [2.24, 2.45) is 10.2 Å². The van der Waals surface area contributed by atoms with Crippen molar-refractivity contribution in [1.29, 1.82) is 0 Å². The zero-order valence-electron chi connectivity index (χ0n) is 10.5. The molecule has 0 bridgehead atoms. The molecule has 20 heavy (non-hydrogen) atoms. The topological polar surface area (TPSA) is 45.0 Å². The molecule has 0 aromatic heterocycles. The van der Waals surface area contributed by atoms with Crippen LogP contribution < -0.4 is 0 Å². The molecule has 1 N–H and O–H groups in total. The number of hydrogen-bond acceptors (Lipinski definition) is 3. The molecule has 3 aromatic carbocycles. The third kappa shape index (κ3) is 2.36. The lowest BCUT2D eigenvalue weighted by molar-refractivity contribution is 0.481. The Morgan fingerprint density at radius 1 is 0.750 bits per heavy atom. The zero-order valence-corrected chi connectivity index (χ0v) is 10.5. The first-order valence-electron chi connectivity index (χ1n) is 6.12. The van der Waals surface area contributed by atoms with E-state index in [0.717, 1.165) is 10.8 Å². The van der Waals surface area contributed by atoms with Gasteiger partial charge in [0.2, 0.25) is 0 Å². The first-order valence-corrected chi connectivity index (χ1v) is 6.12. The first kappa shape index (κ1) is 12.3. The molecule has 0 unspecified atom stereocenters. The second-order valence-electron chi connectivity index (χ2n) is 4.33. The van der Waals surface area contributed by atoms with Crippen LogP contribution in [0.3, 0.4) is 0 Å². The lowest BCUT2D eigenvalue weighted by Gasteiger charge is -2.03. The van der Waals surface area contributed by atoms with E-state index in [1.807, 2.05) is 24.3 Å². The first-order chi connectivity index (χ1) is 9.74. The molecule has 3 nitrogen and oxygen atoms in total. The summed E-state index contributed by atoms with van der Waals surface area (Å²) in [5.41, 5.74) is 1.23. The van der Waals surface area contributed by atoms with Gasteiger partial charge in [-0.2, -0.15) is 5.11 Å². The van der Waals surface area contributed by atoms with Gasteiger partial charge in [-0.3, -0.25) is 0 Å². The van der Waals surface area contributed by atoms with Crippen LogP contribution in [0.5, 0.6) is 5.75 Å². The van der Waals surface area contributed by atoms with E-state index < -0.39 is 0 Å². The van der Waals surface area contributed by atoms with Crippen molar-refractivity contribution in [2.45, 2.75) is 0 Å². The van der Waals surface area contributed by atoms with E-state index in [2.05, 4.69) is 10.2 Å². The summed E-state index contributed by atoms with van der Waals surface area (Å²) in [4.78, 5) is 0. The quantitative estimate of drug-likeness (QED) is 0.644. The molecule has 0 aliphatic heterocycles. The number of rotatable bonds is 2. The molecule has 0 amide bonds. The van der Waals surface area contributed by atoms with Crippen LogP contribution in [-0.2, 0) is 0 Å². The van der Waals surface area contributed by atoms with Crippen molar-refractivity contribution in [2.75, 3.05) is 0 Å². The Kier molecular flexibility index (Phi) is 3.13. The monoisotopic (exact) mass is 266 g/mol. The molecule has 0 saturated heterocycles. The Labute approximate surface area is 115 Å². The number of phenolic OH excluding ortho intramolecular Hbond substituents is 1. The lowest BCUT2D eigenvalue weighted by Crippen LogP contribution is -1.75. The van der Waals surface area contributed by atoms with Gasteiger partial charge in [0.25, 0.3) is 0 Å². The van der Waals surface area contributed by atoms with Gasteiger partial charge < -0.3 is 5.11 Å². The van der Waals surface area contributed by atoms with Gasteiger partial charge in [-0.05, 0) is 36.4 Å². The van der Waals surface area contributed by atoms with E-state index in [0.29, 0.717) is 11.4 Å². The average Bonchev–Trinajstić information content (AvgIpc) is 2.49. The molecule has 0 atom stereocenters. The standard InChI is InChI=1S/C16H11FN2O/c17-11-5-7-12(8-6-11)18-19-15-9-10-16(20)14-4-2-1-3-13(14)15/h1-10,20H. The molecule has 3 rings (SSSR count). The largest absolute Gasteiger partial charge is 0.507 e. The zero-order chi connectivity index (χ0) is 13.9. The minimum Gasteiger partial charge on any atom is -0.507 e. The maximum atomic E-state index is 12.8. The highest BCUT2D eigenvalue weighted by Crippen LogP contribution is 2.33. The molecule has 0 aliphatic rings. The fourth-order valence-corrected chi connectivity index (χ4v) is 1.97. The Balaban J connectivity index is 2.03. The van der Waals surface area contributed by atoms with Crippen LogP contribution in [0.2, 0.25) is 0 Å². The molecular weight excluding hydrogens is 255 g/mol. The Morgan fingerprint density at radius 2 is 1.45 bits per heavy atom. The van der Waals surface area contributed by atoms with Crippen molar-refractivity contribution in [3.8, 4) is 5.75 Å². The van der Waals surface area contributed by atoms with Crippen molar-refractivity contribution in [1.82, 2.24) is 0 Å². The van der Waals surface area contributed by atoms with Crippen LogP contribution in [0.1, 0.15) is 0 Å². The van der Waals surface area contributed by atoms with Gasteiger partial charge in [-0.1, -0.05) is 24.3 Å². The summed E-state index contributed by atoms with van der Waals surface area (Å²) in [6, 6.07) is 16.5. The molecule has 0 spiro atoms. The molecular formula is C16H11FN2O. The number of halogens is 1. The summed E-state index contributed by atoms with van der Waals surface area (Å²) >= 11 is 0.